The number of carbonyl (C=O) groups excluding carboxylic acids is 1. The van der Waals surface area contributed by atoms with Crippen molar-refractivity contribution in [1.29, 1.82) is 0 Å². The molecule has 156 valence electrons. The highest BCUT2D eigenvalue weighted by Gasteiger charge is 2.24. The Hall–Kier alpha value is -2.62. The molecule has 0 atom stereocenters. The third-order valence-corrected chi connectivity index (χ3v) is 6.75. The van der Waals surface area contributed by atoms with E-state index in [9.17, 15) is 13.2 Å². The number of anilines is 1. The van der Waals surface area contributed by atoms with Crippen molar-refractivity contribution in [3.05, 3.63) is 54.1 Å². The summed E-state index contributed by atoms with van der Waals surface area (Å²) < 4.78 is 32.4. The maximum Gasteiger partial charge on any atom is 0.265 e. The van der Waals surface area contributed by atoms with E-state index in [2.05, 4.69) is 10.3 Å². The molecule has 1 aliphatic heterocycles. The van der Waals surface area contributed by atoms with E-state index in [0.29, 0.717) is 17.0 Å². The van der Waals surface area contributed by atoms with Crippen LogP contribution in [0.5, 0.6) is 5.75 Å². The number of para-hydroxylation sites is 2. The molecule has 0 bridgehead atoms. The SMILES string of the molecule is COc1ccccc1N(C)S(=O)(=O)c1ccc(C(=O)NN2CCN(C)CC2)cc1. The van der Waals surface area contributed by atoms with Gasteiger partial charge in [-0.05, 0) is 43.4 Å². The van der Waals surface area contributed by atoms with Gasteiger partial charge in [0.2, 0.25) is 0 Å². The molecule has 0 saturated carbocycles. The van der Waals surface area contributed by atoms with Gasteiger partial charge in [-0.3, -0.25) is 14.5 Å². The highest BCUT2D eigenvalue weighted by atomic mass is 32.2. The molecule has 9 heteroatoms. The molecular formula is C20H26N4O4S. The van der Waals surface area contributed by atoms with Gasteiger partial charge in [0.15, 0.2) is 0 Å². The Kier molecular flexibility index (Phi) is 6.41. The van der Waals surface area contributed by atoms with Crippen LogP contribution in [0.15, 0.2) is 53.4 Å². The van der Waals surface area contributed by atoms with E-state index in [1.54, 1.807) is 24.3 Å². The maximum absolute atomic E-state index is 13.0. The monoisotopic (exact) mass is 418 g/mol. The van der Waals surface area contributed by atoms with Crippen LogP contribution in [0.3, 0.4) is 0 Å². The van der Waals surface area contributed by atoms with E-state index >= 15 is 0 Å². The van der Waals surface area contributed by atoms with Crippen molar-refractivity contribution >= 4 is 21.6 Å². The molecule has 1 heterocycles. The molecule has 1 N–H and O–H groups in total. The first kappa shape index (κ1) is 21.1. The number of nitrogens with zero attached hydrogens (tertiary/aromatic N) is 3. The summed E-state index contributed by atoms with van der Waals surface area (Å²) in [6, 6.07) is 12.8. The predicted molar refractivity (Wildman–Crippen MR) is 112 cm³/mol. The number of hydrazine groups is 1. The van der Waals surface area contributed by atoms with Gasteiger partial charge in [0.05, 0.1) is 17.7 Å². The molecular weight excluding hydrogens is 392 g/mol. The molecule has 1 fully saturated rings. The summed E-state index contributed by atoms with van der Waals surface area (Å²) in [5.74, 6) is 0.207. The van der Waals surface area contributed by atoms with Crippen LogP contribution in [0.2, 0.25) is 0 Å². The van der Waals surface area contributed by atoms with Crippen molar-refractivity contribution in [3.8, 4) is 5.75 Å². The largest absolute Gasteiger partial charge is 0.495 e. The summed E-state index contributed by atoms with van der Waals surface area (Å²) in [7, 11) is 1.21. The average Bonchev–Trinajstić information content (AvgIpc) is 2.74. The number of amides is 1. The van der Waals surface area contributed by atoms with Crippen LogP contribution in [-0.2, 0) is 10.0 Å². The van der Waals surface area contributed by atoms with Crippen LogP contribution < -0.4 is 14.5 Å². The number of carbonyl (C=O) groups is 1. The number of hydrogen-bond acceptors (Lipinski definition) is 6. The molecule has 0 radical (unpaired) electrons. The number of rotatable bonds is 6. The Balaban J connectivity index is 1.74. The van der Waals surface area contributed by atoms with Crippen LogP contribution in [0.4, 0.5) is 5.69 Å². The van der Waals surface area contributed by atoms with Crippen LogP contribution in [0.1, 0.15) is 10.4 Å². The Morgan fingerprint density at radius 2 is 1.66 bits per heavy atom. The van der Waals surface area contributed by atoms with E-state index in [0.717, 1.165) is 26.2 Å². The first-order chi connectivity index (χ1) is 13.8. The van der Waals surface area contributed by atoms with Gasteiger partial charge >= 0.3 is 0 Å². The first-order valence-electron chi connectivity index (χ1n) is 9.29. The molecule has 29 heavy (non-hydrogen) atoms. The highest BCUT2D eigenvalue weighted by molar-refractivity contribution is 7.92. The van der Waals surface area contributed by atoms with Crippen molar-refractivity contribution in [1.82, 2.24) is 15.3 Å². The number of nitrogens with one attached hydrogen (secondary N) is 1. The van der Waals surface area contributed by atoms with E-state index in [4.69, 9.17) is 4.74 Å². The topological polar surface area (TPSA) is 82.2 Å². The van der Waals surface area contributed by atoms with Crippen molar-refractivity contribution in [2.45, 2.75) is 4.90 Å². The normalized spacial score (nSPS) is 15.7. The summed E-state index contributed by atoms with van der Waals surface area (Å²) in [6.07, 6.45) is 0. The number of hydrogen-bond donors (Lipinski definition) is 1. The lowest BCUT2D eigenvalue weighted by Crippen LogP contribution is -2.52. The number of piperazine rings is 1. The number of methoxy groups -OCH3 is 1. The number of ether oxygens (including phenoxy) is 1. The summed E-state index contributed by atoms with van der Waals surface area (Å²) in [4.78, 5) is 14.7. The number of benzene rings is 2. The Bertz CT molecular complexity index is 955. The summed E-state index contributed by atoms with van der Waals surface area (Å²) in [5.41, 5.74) is 3.71. The van der Waals surface area contributed by atoms with Crippen molar-refractivity contribution in [2.24, 2.45) is 0 Å². The maximum atomic E-state index is 13.0. The molecule has 3 rings (SSSR count). The minimum Gasteiger partial charge on any atom is -0.495 e. The van der Waals surface area contributed by atoms with Crippen LogP contribution in [-0.4, -0.2) is 71.6 Å². The second kappa shape index (κ2) is 8.81. The molecule has 0 aliphatic carbocycles. The van der Waals surface area contributed by atoms with Gasteiger partial charge in [0.1, 0.15) is 5.75 Å². The third-order valence-electron chi connectivity index (χ3n) is 4.96. The number of sulfonamides is 1. The minimum absolute atomic E-state index is 0.0991. The minimum atomic E-state index is -3.79. The standard InChI is InChI=1S/C20H26N4O4S/c1-22-12-14-24(15-13-22)21-20(25)16-8-10-17(11-9-16)29(26,27)23(2)18-6-4-5-7-19(18)28-3/h4-11H,12-15H2,1-3H3,(H,21,25). The first-order valence-corrected chi connectivity index (χ1v) is 10.7. The molecule has 0 aromatic heterocycles. The lowest BCUT2D eigenvalue weighted by molar-refractivity contribution is 0.0662. The van der Waals surface area contributed by atoms with Gasteiger partial charge in [0.25, 0.3) is 15.9 Å². The highest BCUT2D eigenvalue weighted by Crippen LogP contribution is 2.30. The lowest BCUT2D eigenvalue weighted by Gasteiger charge is -2.32. The molecule has 8 nitrogen and oxygen atoms in total. The lowest BCUT2D eigenvalue weighted by atomic mass is 10.2. The number of likely N-dealkylation sites (N-methyl/N-ethyl adjacent to an activating group) is 1. The van der Waals surface area contributed by atoms with E-state index in [-0.39, 0.29) is 10.8 Å². The molecule has 1 aliphatic rings. The van der Waals surface area contributed by atoms with Crippen molar-refractivity contribution < 1.29 is 17.9 Å². The van der Waals surface area contributed by atoms with Gasteiger partial charge in [0, 0.05) is 38.8 Å². The van der Waals surface area contributed by atoms with Crippen LogP contribution in [0, 0.1) is 0 Å². The van der Waals surface area contributed by atoms with Crippen molar-refractivity contribution in [2.75, 3.05) is 51.7 Å². The third kappa shape index (κ3) is 4.69. The second-order valence-corrected chi connectivity index (χ2v) is 8.87. The van der Waals surface area contributed by atoms with Crippen molar-refractivity contribution in [3.63, 3.8) is 0 Å². The summed E-state index contributed by atoms with van der Waals surface area (Å²) in [6.45, 7) is 3.26. The zero-order valence-electron chi connectivity index (χ0n) is 16.8. The molecule has 0 unspecified atom stereocenters. The zero-order chi connectivity index (χ0) is 21.0. The predicted octanol–water partition coefficient (Wildman–Crippen LogP) is 1.41. The Labute approximate surface area is 171 Å². The Morgan fingerprint density at radius 1 is 1.03 bits per heavy atom. The van der Waals surface area contributed by atoms with Gasteiger partial charge in [-0.2, -0.15) is 0 Å². The fraction of sp³-hybridized carbons (Fsp3) is 0.350. The molecule has 2 aromatic carbocycles. The van der Waals surface area contributed by atoms with Gasteiger partial charge in [-0.15, -0.1) is 0 Å². The fourth-order valence-corrected chi connectivity index (χ4v) is 4.29. The Morgan fingerprint density at radius 3 is 2.28 bits per heavy atom. The quantitative estimate of drug-likeness (QED) is 0.764. The van der Waals surface area contributed by atoms with Crippen LogP contribution >= 0.6 is 0 Å². The zero-order valence-corrected chi connectivity index (χ0v) is 17.6. The molecule has 1 saturated heterocycles. The summed E-state index contributed by atoms with van der Waals surface area (Å²) in [5, 5.41) is 1.88. The van der Waals surface area contributed by atoms with Gasteiger partial charge in [-0.1, -0.05) is 12.1 Å². The van der Waals surface area contributed by atoms with E-state index in [1.165, 1.54) is 42.7 Å². The fourth-order valence-electron chi connectivity index (χ4n) is 3.08. The van der Waals surface area contributed by atoms with E-state index < -0.39 is 10.0 Å². The smallest absolute Gasteiger partial charge is 0.265 e. The molecule has 2 aromatic rings. The van der Waals surface area contributed by atoms with E-state index in [1.807, 2.05) is 12.1 Å². The second-order valence-electron chi connectivity index (χ2n) is 6.90. The summed E-state index contributed by atoms with van der Waals surface area (Å²) >= 11 is 0. The molecule has 1 amide bonds. The van der Waals surface area contributed by atoms with Gasteiger partial charge < -0.3 is 9.64 Å². The molecule has 0 spiro atoms. The average molecular weight is 419 g/mol. The van der Waals surface area contributed by atoms with Gasteiger partial charge in [-0.25, -0.2) is 13.4 Å². The van der Waals surface area contributed by atoms with Crippen LogP contribution in [0.25, 0.3) is 0 Å².